The molecule has 0 aliphatic carbocycles. The van der Waals surface area contributed by atoms with Crippen LogP contribution in [0.1, 0.15) is 26.3 Å². The number of benzene rings is 2. The van der Waals surface area contributed by atoms with Crippen LogP contribution in [0.15, 0.2) is 30.3 Å². The van der Waals surface area contributed by atoms with Gasteiger partial charge in [0.25, 0.3) is 11.8 Å². The first-order valence-corrected chi connectivity index (χ1v) is 5.73. The molecule has 0 atom stereocenters. The maximum atomic E-state index is 11.8. The third-order valence-electron chi connectivity index (χ3n) is 3.23. The average molecular weight is 241 g/mol. The fourth-order valence-corrected chi connectivity index (χ4v) is 2.42. The van der Waals surface area contributed by atoms with E-state index in [1.807, 2.05) is 12.1 Å². The molecule has 0 aromatic heterocycles. The second-order valence-corrected chi connectivity index (χ2v) is 4.26. The van der Waals surface area contributed by atoms with Crippen LogP contribution >= 0.6 is 0 Å². The summed E-state index contributed by atoms with van der Waals surface area (Å²) < 4.78 is 0. The van der Waals surface area contributed by atoms with Crippen molar-refractivity contribution in [2.24, 2.45) is 0 Å². The molecule has 4 nitrogen and oxygen atoms in total. The Balaban J connectivity index is 2.41. The molecule has 3 rings (SSSR count). The van der Waals surface area contributed by atoms with Gasteiger partial charge >= 0.3 is 0 Å². The first-order chi connectivity index (χ1) is 8.72. The van der Waals surface area contributed by atoms with E-state index in [2.05, 4.69) is 5.32 Å². The highest BCUT2D eigenvalue weighted by Gasteiger charge is 2.25. The number of hydrogen-bond donors (Lipinski definition) is 2. The summed E-state index contributed by atoms with van der Waals surface area (Å²) in [6, 6.07) is 8.90. The van der Waals surface area contributed by atoms with E-state index in [0.29, 0.717) is 22.9 Å². The summed E-state index contributed by atoms with van der Waals surface area (Å²) in [6.45, 7) is 0.0405. The van der Waals surface area contributed by atoms with E-state index in [0.717, 1.165) is 10.9 Å². The second-order valence-electron chi connectivity index (χ2n) is 4.26. The topological polar surface area (TPSA) is 66.4 Å². The predicted molar refractivity (Wildman–Crippen MR) is 66.5 cm³/mol. The van der Waals surface area contributed by atoms with E-state index < -0.39 is 0 Å². The number of aliphatic hydroxyl groups excluding tert-OH is 1. The molecule has 90 valence electrons. The molecule has 2 amide bonds. The second kappa shape index (κ2) is 3.92. The fourth-order valence-electron chi connectivity index (χ4n) is 2.42. The molecule has 18 heavy (non-hydrogen) atoms. The zero-order chi connectivity index (χ0) is 12.7. The molecule has 1 aliphatic rings. The SMILES string of the molecule is O=C1NC(=O)c2ccc(CCO)c3cccc1c23. The van der Waals surface area contributed by atoms with Gasteiger partial charge < -0.3 is 5.11 Å². The highest BCUT2D eigenvalue weighted by molar-refractivity contribution is 6.25. The van der Waals surface area contributed by atoms with Gasteiger partial charge in [0.15, 0.2) is 0 Å². The first kappa shape index (κ1) is 10.9. The van der Waals surface area contributed by atoms with Gasteiger partial charge in [-0.2, -0.15) is 0 Å². The van der Waals surface area contributed by atoms with Gasteiger partial charge in [-0.15, -0.1) is 0 Å². The molecule has 2 aromatic carbocycles. The third kappa shape index (κ3) is 1.43. The largest absolute Gasteiger partial charge is 0.396 e. The number of carbonyl (C=O) groups is 2. The van der Waals surface area contributed by atoms with Crippen molar-refractivity contribution < 1.29 is 14.7 Å². The Labute approximate surface area is 103 Å². The number of carbonyl (C=O) groups excluding carboxylic acids is 2. The van der Waals surface area contributed by atoms with Crippen molar-refractivity contribution in [1.82, 2.24) is 5.32 Å². The van der Waals surface area contributed by atoms with Gasteiger partial charge in [-0.25, -0.2) is 0 Å². The maximum Gasteiger partial charge on any atom is 0.258 e. The van der Waals surface area contributed by atoms with Crippen LogP contribution in [0.3, 0.4) is 0 Å². The summed E-state index contributed by atoms with van der Waals surface area (Å²) in [7, 11) is 0. The van der Waals surface area contributed by atoms with Crippen molar-refractivity contribution in [2.75, 3.05) is 6.61 Å². The minimum atomic E-state index is -0.362. The van der Waals surface area contributed by atoms with Gasteiger partial charge in [-0.1, -0.05) is 18.2 Å². The van der Waals surface area contributed by atoms with E-state index >= 15 is 0 Å². The normalized spacial score (nSPS) is 13.8. The van der Waals surface area contributed by atoms with Crippen molar-refractivity contribution in [3.05, 3.63) is 47.0 Å². The number of hydrogen-bond acceptors (Lipinski definition) is 3. The standard InChI is InChI=1S/C14H11NO3/c16-7-6-8-4-5-11-12-9(8)2-1-3-10(12)13(17)15-14(11)18/h1-5,16H,6-7H2,(H,15,17,18). The number of imide groups is 1. The number of amides is 2. The van der Waals surface area contributed by atoms with Gasteiger partial charge in [0, 0.05) is 23.1 Å². The minimum Gasteiger partial charge on any atom is -0.396 e. The van der Waals surface area contributed by atoms with Gasteiger partial charge in [0.05, 0.1) is 0 Å². The molecule has 2 N–H and O–H groups in total. The molecule has 0 saturated heterocycles. The molecule has 0 bridgehead atoms. The summed E-state index contributed by atoms with van der Waals surface area (Å²) in [6.07, 6.45) is 0.510. The van der Waals surface area contributed by atoms with E-state index in [1.54, 1.807) is 18.2 Å². The summed E-state index contributed by atoms with van der Waals surface area (Å²) in [5.41, 5.74) is 1.98. The van der Waals surface area contributed by atoms with E-state index in [9.17, 15) is 9.59 Å². The summed E-state index contributed by atoms with van der Waals surface area (Å²) in [5, 5.41) is 12.9. The van der Waals surface area contributed by atoms with Crippen LogP contribution in [-0.2, 0) is 6.42 Å². The lowest BCUT2D eigenvalue weighted by Crippen LogP contribution is -2.34. The summed E-state index contributed by atoms with van der Waals surface area (Å²) in [4.78, 5) is 23.5. The molecular weight excluding hydrogens is 230 g/mol. The van der Waals surface area contributed by atoms with Crippen LogP contribution in [0.4, 0.5) is 0 Å². The van der Waals surface area contributed by atoms with Crippen LogP contribution in [0, 0.1) is 0 Å². The molecule has 1 aliphatic heterocycles. The lowest BCUT2D eigenvalue weighted by atomic mass is 9.91. The fraction of sp³-hybridized carbons (Fsp3) is 0.143. The van der Waals surface area contributed by atoms with Gasteiger partial charge in [0.2, 0.25) is 0 Å². The molecule has 0 saturated carbocycles. The average Bonchev–Trinajstić information content (AvgIpc) is 2.37. The Morgan fingerprint density at radius 2 is 1.72 bits per heavy atom. The van der Waals surface area contributed by atoms with E-state index in [4.69, 9.17) is 5.11 Å². The van der Waals surface area contributed by atoms with Crippen molar-refractivity contribution in [3.63, 3.8) is 0 Å². The number of nitrogens with one attached hydrogen (secondary N) is 1. The molecule has 0 radical (unpaired) electrons. The monoisotopic (exact) mass is 241 g/mol. The molecule has 0 fully saturated rings. The van der Waals surface area contributed by atoms with Crippen LogP contribution in [0.25, 0.3) is 10.8 Å². The van der Waals surface area contributed by atoms with Crippen LogP contribution in [0.2, 0.25) is 0 Å². The molecule has 1 heterocycles. The minimum absolute atomic E-state index is 0.0405. The zero-order valence-corrected chi connectivity index (χ0v) is 9.56. The third-order valence-corrected chi connectivity index (χ3v) is 3.23. The smallest absolute Gasteiger partial charge is 0.258 e. The molecule has 4 heteroatoms. The highest BCUT2D eigenvalue weighted by atomic mass is 16.3. The lowest BCUT2D eigenvalue weighted by Gasteiger charge is -2.18. The quantitative estimate of drug-likeness (QED) is 0.778. The van der Waals surface area contributed by atoms with Gasteiger partial charge in [0.1, 0.15) is 0 Å². The van der Waals surface area contributed by atoms with Gasteiger partial charge in [-0.05, 0) is 29.5 Å². The molecule has 0 unspecified atom stereocenters. The van der Waals surface area contributed by atoms with Crippen molar-refractivity contribution in [2.45, 2.75) is 6.42 Å². The van der Waals surface area contributed by atoms with Crippen molar-refractivity contribution in [1.29, 1.82) is 0 Å². The zero-order valence-electron chi connectivity index (χ0n) is 9.56. The Morgan fingerprint density at radius 1 is 1.00 bits per heavy atom. The first-order valence-electron chi connectivity index (χ1n) is 5.73. The highest BCUT2D eigenvalue weighted by Crippen LogP contribution is 2.29. The van der Waals surface area contributed by atoms with Gasteiger partial charge in [-0.3, -0.25) is 14.9 Å². The lowest BCUT2D eigenvalue weighted by molar-refractivity contribution is 0.0845. The van der Waals surface area contributed by atoms with Crippen LogP contribution in [0.5, 0.6) is 0 Å². The Morgan fingerprint density at radius 3 is 2.44 bits per heavy atom. The maximum absolute atomic E-state index is 11.8. The predicted octanol–water partition coefficient (Wildman–Crippen LogP) is 1.26. The molecule has 2 aromatic rings. The summed E-state index contributed by atoms with van der Waals surface area (Å²) >= 11 is 0. The Hall–Kier alpha value is -2.20. The Kier molecular flexibility index (Phi) is 2.38. The van der Waals surface area contributed by atoms with Crippen molar-refractivity contribution in [3.8, 4) is 0 Å². The van der Waals surface area contributed by atoms with Crippen LogP contribution < -0.4 is 5.32 Å². The summed E-state index contributed by atoms with van der Waals surface area (Å²) in [5.74, 6) is -0.724. The van der Waals surface area contributed by atoms with E-state index in [-0.39, 0.29) is 18.4 Å². The molecule has 0 spiro atoms. The molecular formula is C14H11NO3. The number of rotatable bonds is 2. The van der Waals surface area contributed by atoms with Crippen LogP contribution in [-0.4, -0.2) is 23.5 Å². The van der Waals surface area contributed by atoms with E-state index in [1.165, 1.54) is 0 Å². The number of aliphatic hydroxyl groups is 1. The van der Waals surface area contributed by atoms with Crippen molar-refractivity contribution >= 4 is 22.6 Å². The Bertz CT molecular complexity index is 656.